The van der Waals surface area contributed by atoms with E-state index in [-0.39, 0.29) is 10.8 Å². The van der Waals surface area contributed by atoms with Crippen LogP contribution in [0.2, 0.25) is 19.6 Å². The molecule has 0 aromatic heterocycles. The molecule has 0 N–H and O–H groups in total. The first kappa shape index (κ1) is 15.7. The maximum Gasteiger partial charge on any atom is 0.144 e. The van der Waals surface area contributed by atoms with Gasteiger partial charge in [-0.15, -0.1) is 0 Å². The number of Topliss-reactive ketones (excluding diaryl/α,β-unsaturated/α-hetero) is 1. The van der Waals surface area contributed by atoms with E-state index in [1.165, 1.54) is 37.5 Å². The molecule has 6 atom stereocenters. The molecule has 0 amide bonds. The summed E-state index contributed by atoms with van der Waals surface area (Å²) in [6.45, 7) is 12.5. The van der Waals surface area contributed by atoms with E-state index >= 15 is 0 Å². The second-order valence-electron chi connectivity index (χ2n) is 10.3. The van der Waals surface area contributed by atoms with E-state index in [0.717, 1.165) is 22.8 Å². The minimum absolute atomic E-state index is 0.0836. The molecule has 1 nitrogen and oxygen atoms in total. The molecular weight excluding hydrogens is 304 g/mol. The third-order valence-corrected chi connectivity index (χ3v) is 15.2. The van der Waals surface area contributed by atoms with Gasteiger partial charge in [0.15, 0.2) is 0 Å². The van der Waals surface area contributed by atoms with Gasteiger partial charge < -0.3 is 0 Å². The van der Waals surface area contributed by atoms with Crippen molar-refractivity contribution in [1.29, 1.82) is 0 Å². The molecule has 1 saturated heterocycles. The summed E-state index contributed by atoms with van der Waals surface area (Å²) in [5, 5.41) is 3.25. The molecule has 1 aliphatic heterocycles. The van der Waals surface area contributed by atoms with Crippen molar-refractivity contribution in [1.82, 2.24) is 0 Å². The molecule has 3 saturated carbocycles. The van der Waals surface area contributed by atoms with Crippen molar-refractivity contribution in [3.63, 3.8) is 0 Å². The van der Waals surface area contributed by atoms with Gasteiger partial charge in [-0.2, -0.15) is 0 Å². The van der Waals surface area contributed by atoms with Gasteiger partial charge in [0.1, 0.15) is 24.4 Å². The molecule has 3 aliphatic carbocycles. The van der Waals surface area contributed by atoms with Gasteiger partial charge in [-0.1, -0.05) is 33.5 Å². The lowest BCUT2D eigenvalue weighted by molar-refractivity contribution is -0.130. The summed E-state index contributed by atoms with van der Waals surface area (Å²) in [7, 11) is -0.503. The molecule has 3 heteroatoms. The Labute approximate surface area is 140 Å². The number of carbonyl (C=O) groups is 1. The molecular formula is C19H33OSSi+. The summed E-state index contributed by atoms with van der Waals surface area (Å²) in [4.78, 5) is 13.2. The molecule has 4 fully saturated rings. The highest BCUT2D eigenvalue weighted by Crippen LogP contribution is 2.70. The van der Waals surface area contributed by atoms with Gasteiger partial charge >= 0.3 is 0 Å². The van der Waals surface area contributed by atoms with E-state index < -0.39 is 8.07 Å². The summed E-state index contributed by atoms with van der Waals surface area (Å²) in [5.74, 6) is 2.26. The minimum atomic E-state index is -1.05. The van der Waals surface area contributed by atoms with Crippen LogP contribution in [0.5, 0.6) is 0 Å². The fraction of sp³-hybridized carbons (Fsp3) is 0.947. The number of fused-ring (bicyclic) bond motifs is 4. The van der Waals surface area contributed by atoms with E-state index in [0.29, 0.717) is 22.6 Å². The van der Waals surface area contributed by atoms with Gasteiger partial charge in [0.25, 0.3) is 0 Å². The van der Waals surface area contributed by atoms with Crippen molar-refractivity contribution in [2.45, 2.75) is 82.5 Å². The van der Waals surface area contributed by atoms with Crippen LogP contribution >= 0.6 is 0 Å². The van der Waals surface area contributed by atoms with Crippen molar-refractivity contribution in [3.8, 4) is 0 Å². The Morgan fingerprint density at radius 2 is 1.91 bits per heavy atom. The van der Waals surface area contributed by atoms with Crippen molar-refractivity contribution in [3.05, 3.63) is 0 Å². The minimum Gasteiger partial charge on any atom is -0.299 e. The van der Waals surface area contributed by atoms with Gasteiger partial charge in [-0.25, -0.2) is 0 Å². The van der Waals surface area contributed by atoms with Crippen molar-refractivity contribution >= 4 is 24.8 Å². The first-order valence-electron chi connectivity index (χ1n) is 9.39. The zero-order chi connectivity index (χ0) is 15.9. The van der Waals surface area contributed by atoms with E-state index in [1.54, 1.807) is 0 Å². The monoisotopic (exact) mass is 337 g/mol. The van der Waals surface area contributed by atoms with Crippen molar-refractivity contribution < 1.29 is 4.79 Å². The number of ketones is 1. The molecule has 0 spiro atoms. The van der Waals surface area contributed by atoms with E-state index in [9.17, 15) is 4.79 Å². The average molecular weight is 338 g/mol. The lowest BCUT2D eigenvalue weighted by Gasteiger charge is -2.44. The maximum atomic E-state index is 13.2. The molecule has 1 heterocycles. The molecule has 1 unspecified atom stereocenters. The lowest BCUT2D eigenvalue weighted by atomic mass is 9.64. The second-order valence-corrected chi connectivity index (χ2v) is 18.7. The maximum absolute atomic E-state index is 13.2. The van der Waals surface area contributed by atoms with Crippen LogP contribution in [0.15, 0.2) is 0 Å². The molecule has 4 aliphatic rings. The fourth-order valence-electron chi connectivity index (χ4n) is 6.72. The van der Waals surface area contributed by atoms with Gasteiger partial charge in [-0.3, -0.25) is 4.79 Å². The average Bonchev–Trinajstić information content (AvgIpc) is 3.07. The zero-order valence-electron chi connectivity index (χ0n) is 15.1. The van der Waals surface area contributed by atoms with Crippen LogP contribution in [-0.4, -0.2) is 29.7 Å². The third-order valence-electron chi connectivity index (χ3n) is 7.68. The highest BCUT2D eigenvalue weighted by molar-refractivity contribution is 8.00. The van der Waals surface area contributed by atoms with Gasteiger partial charge in [-0.05, 0) is 47.9 Å². The van der Waals surface area contributed by atoms with E-state index in [1.807, 2.05) is 0 Å². The van der Waals surface area contributed by atoms with Crippen LogP contribution in [0, 0.1) is 22.7 Å². The Balaban J connectivity index is 1.75. The van der Waals surface area contributed by atoms with Crippen molar-refractivity contribution in [2.75, 3.05) is 5.38 Å². The Bertz CT molecular complexity index is 508. The number of hydrogen-bond acceptors (Lipinski definition) is 1. The van der Waals surface area contributed by atoms with Gasteiger partial charge in [0.05, 0.1) is 10.8 Å². The molecule has 0 aromatic carbocycles. The van der Waals surface area contributed by atoms with Gasteiger partial charge in [0, 0.05) is 18.8 Å². The highest BCUT2D eigenvalue weighted by atomic mass is 32.2. The SMILES string of the molecule is CC1(C)[C@@H]2CC[C@@]1([C@@H]1[C@@H]3CC[C@@H](C3)[S+]1C[Si](C)(C)C)C(=O)C2. The smallest absolute Gasteiger partial charge is 0.144 e. The van der Waals surface area contributed by atoms with E-state index in [4.69, 9.17) is 0 Å². The largest absolute Gasteiger partial charge is 0.299 e. The molecule has 4 bridgehead atoms. The number of carbonyl (C=O) groups excluding carboxylic acids is 1. The lowest BCUT2D eigenvalue weighted by Crippen LogP contribution is -2.55. The van der Waals surface area contributed by atoms with Crippen LogP contribution in [0.4, 0.5) is 0 Å². The summed E-state index contributed by atoms with van der Waals surface area (Å²) >= 11 is 0. The summed E-state index contributed by atoms with van der Waals surface area (Å²) in [5.41, 5.74) is 0.365. The fourth-order valence-corrected chi connectivity index (χ4v) is 15.5. The van der Waals surface area contributed by atoms with Crippen LogP contribution in [0.1, 0.15) is 52.4 Å². The summed E-state index contributed by atoms with van der Waals surface area (Å²) < 4.78 is 0. The van der Waals surface area contributed by atoms with Crippen LogP contribution in [0.3, 0.4) is 0 Å². The molecule has 0 aromatic rings. The molecule has 22 heavy (non-hydrogen) atoms. The standard InChI is InChI=1S/C19H33OSSi/c1-18(2)14-8-9-19(18,16(20)11-14)17-13-6-7-15(10-13)21(17)12-22(3,4)5/h13-15,17H,6-12H2,1-5H3/q+1/t13-,14-,15+,17+,19+,21?/m1/s1. The molecule has 0 radical (unpaired) electrons. The van der Waals surface area contributed by atoms with Gasteiger partial charge in [0.2, 0.25) is 0 Å². The first-order valence-corrected chi connectivity index (χ1v) is 14.6. The van der Waals surface area contributed by atoms with Crippen LogP contribution < -0.4 is 0 Å². The van der Waals surface area contributed by atoms with Crippen LogP contribution in [0.25, 0.3) is 0 Å². The summed E-state index contributed by atoms with van der Waals surface area (Å²) in [6, 6.07) is 0. The van der Waals surface area contributed by atoms with E-state index in [2.05, 4.69) is 33.5 Å². The quantitative estimate of drug-likeness (QED) is 0.550. The predicted molar refractivity (Wildman–Crippen MR) is 99.1 cm³/mol. The topological polar surface area (TPSA) is 17.1 Å². The Kier molecular flexibility index (Phi) is 3.33. The molecule has 4 rings (SSSR count). The number of hydrogen-bond donors (Lipinski definition) is 0. The van der Waals surface area contributed by atoms with Crippen molar-refractivity contribution in [2.24, 2.45) is 22.7 Å². The zero-order valence-corrected chi connectivity index (χ0v) is 16.9. The normalized spacial score (nSPS) is 49.3. The first-order chi connectivity index (χ1) is 10.2. The predicted octanol–water partition coefficient (Wildman–Crippen LogP) is 4.43. The molecule has 124 valence electrons. The number of rotatable bonds is 3. The van der Waals surface area contributed by atoms with Crippen LogP contribution in [-0.2, 0) is 15.7 Å². The second kappa shape index (κ2) is 4.65. The highest BCUT2D eigenvalue weighted by Gasteiger charge is 2.75. The Morgan fingerprint density at radius 3 is 2.45 bits per heavy atom. The Hall–Kier alpha value is 0.237. The Morgan fingerprint density at radius 1 is 1.18 bits per heavy atom. The summed E-state index contributed by atoms with van der Waals surface area (Å²) in [6.07, 6.45) is 7.84. The third kappa shape index (κ3) is 1.87.